The normalized spacial score (nSPS) is 19.2. The van der Waals surface area contributed by atoms with Crippen molar-refractivity contribution in [1.82, 2.24) is 10.3 Å². The van der Waals surface area contributed by atoms with Crippen LogP contribution in [-0.4, -0.2) is 28.7 Å². The molecule has 0 bridgehead atoms. The fourth-order valence-corrected chi connectivity index (χ4v) is 1.72. The molecule has 18 heavy (non-hydrogen) atoms. The second kappa shape index (κ2) is 4.82. The van der Waals surface area contributed by atoms with Gasteiger partial charge in [-0.05, 0) is 18.6 Å². The summed E-state index contributed by atoms with van der Waals surface area (Å²) in [5.41, 5.74) is 5.41. The largest absolute Gasteiger partial charge is 0.365 e. The molecule has 2 rings (SSSR count). The summed E-state index contributed by atoms with van der Waals surface area (Å²) in [5.74, 6) is -1.10. The van der Waals surface area contributed by atoms with Crippen molar-refractivity contribution in [3.63, 3.8) is 0 Å². The van der Waals surface area contributed by atoms with Crippen molar-refractivity contribution in [3.8, 4) is 0 Å². The fourth-order valence-electron chi connectivity index (χ4n) is 1.72. The van der Waals surface area contributed by atoms with Crippen molar-refractivity contribution in [2.75, 3.05) is 5.32 Å². The zero-order valence-corrected chi connectivity index (χ0v) is 9.47. The maximum atomic E-state index is 11.6. The smallest absolute Gasteiger partial charge is 0.252 e. The molecule has 7 nitrogen and oxygen atoms in total. The topological polar surface area (TPSA) is 114 Å². The molecule has 2 heterocycles. The Morgan fingerprint density at radius 2 is 2.28 bits per heavy atom. The second-order valence-electron chi connectivity index (χ2n) is 3.91. The zero-order valence-electron chi connectivity index (χ0n) is 9.47. The molecule has 1 aliphatic rings. The van der Waals surface area contributed by atoms with Gasteiger partial charge in [-0.1, -0.05) is 0 Å². The van der Waals surface area contributed by atoms with E-state index in [4.69, 9.17) is 5.73 Å². The van der Waals surface area contributed by atoms with Crippen molar-refractivity contribution in [3.05, 3.63) is 23.9 Å². The van der Waals surface area contributed by atoms with E-state index < -0.39 is 17.9 Å². The summed E-state index contributed by atoms with van der Waals surface area (Å²) in [6.07, 6.45) is 2.10. The van der Waals surface area contributed by atoms with Crippen LogP contribution in [0.5, 0.6) is 0 Å². The Bertz CT molecular complexity index is 515. The average molecular weight is 248 g/mol. The van der Waals surface area contributed by atoms with Gasteiger partial charge in [0.1, 0.15) is 11.9 Å². The van der Waals surface area contributed by atoms with Crippen molar-refractivity contribution in [1.29, 1.82) is 0 Å². The quantitative estimate of drug-likeness (QED) is 0.618. The molecule has 0 radical (unpaired) electrons. The lowest BCUT2D eigenvalue weighted by molar-refractivity contribution is -0.133. The lowest BCUT2D eigenvalue weighted by Gasteiger charge is -2.22. The number of nitrogens with two attached hydrogens (primary N) is 1. The molecule has 4 N–H and O–H groups in total. The number of carbonyl (C=O) groups excluding carboxylic acids is 3. The molecule has 94 valence electrons. The van der Waals surface area contributed by atoms with E-state index in [0.29, 0.717) is 6.42 Å². The number of imide groups is 1. The van der Waals surface area contributed by atoms with E-state index >= 15 is 0 Å². The molecular formula is C11H12N4O3. The van der Waals surface area contributed by atoms with Gasteiger partial charge in [-0.2, -0.15) is 0 Å². The van der Waals surface area contributed by atoms with Gasteiger partial charge in [-0.3, -0.25) is 19.7 Å². The summed E-state index contributed by atoms with van der Waals surface area (Å²) in [6, 6.07) is 2.51. The van der Waals surface area contributed by atoms with Gasteiger partial charge >= 0.3 is 0 Å². The van der Waals surface area contributed by atoms with Crippen molar-refractivity contribution < 1.29 is 14.4 Å². The number of aromatic nitrogens is 1. The van der Waals surface area contributed by atoms with Gasteiger partial charge in [0.2, 0.25) is 11.8 Å². The van der Waals surface area contributed by atoms with Crippen LogP contribution in [0.1, 0.15) is 23.2 Å². The van der Waals surface area contributed by atoms with Crippen LogP contribution in [0, 0.1) is 0 Å². The van der Waals surface area contributed by atoms with Crippen LogP contribution in [0.4, 0.5) is 5.82 Å². The first-order valence-electron chi connectivity index (χ1n) is 5.43. The number of nitrogens with zero attached hydrogens (tertiary/aromatic N) is 1. The third kappa shape index (κ3) is 2.45. The van der Waals surface area contributed by atoms with Crippen LogP contribution < -0.4 is 16.4 Å². The maximum Gasteiger partial charge on any atom is 0.252 e. The van der Waals surface area contributed by atoms with Gasteiger partial charge in [0, 0.05) is 12.6 Å². The Labute approximate surface area is 103 Å². The van der Waals surface area contributed by atoms with Gasteiger partial charge in [0.25, 0.3) is 5.91 Å². The summed E-state index contributed by atoms with van der Waals surface area (Å²) in [5, 5.41) is 5.04. The number of hydrogen-bond donors (Lipinski definition) is 3. The first-order chi connectivity index (χ1) is 8.58. The maximum absolute atomic E-state index is 11.6. The molecule has 1 aromatic rings. The number of rotatable bonds is 3. The molecular weight excluding hydrogens is 236 g/mol. The lowest BCUT2D eigenvalue weighted by atomic mass is 10.1. The summed E-state index contributed by atoms with van der Waals surface area (Å²) in [6.45, 7) is 0. The van der Waals surface area contributed by atoms with Crippen molar-refractivity contribution in [2.45, 2.75) is 18.9 Å². The van der Waals surface area contributed by atoms with Crippen molar-refractivity contribution >= 4 is 23.5 Å². The van der Waals surface area contributed by atoms with Gasteiger partial charge in [0.15, 0.2) is 0 Å². The van der Waals surface area contributed by atoms with Crippen LogP contribution >= 0.6 is 0 Å². The van der Waals surface area contributed by atoms with Crippen molar-refractivity contribution in [2.24, 2.45) is 5.73 Å². The number of pyridine rings is 1. The van der Waals surface area contributed by atoms with Gasteiger partial charge in [-0.15, -0.1) is 0 Å². The summed E-state index contributed by atoms with van der Waals surface area (Å²) < 4.78 is 0. The molecule has 1 unspecified atom stereocenters. The van der Waals surface area contributed by atoms with Crippen LogP contribution in [0.15, 0.2) is 18.3 Å². The molecule has 0 spiro atoms. The highest BCUT2D eigenvalue weighted by molar-refractivity contribution is 6.02. The number of hydrogen-bond acceptors (Lipinski definition) is 5. The van der Waals surface area contributed by atoms with Gasteiger partial charge in [0.05, 0.1) is 5.56 Å². The lowest BCUT2D eigenvalue weighted by Crippen LogP contribution is -2.47. The second-order valence-corrected chi connectivity index (χ2v) is 3.91. The van der Waals surface area contributed by atoms with Crippen LogP contribution in [-0.2, 0) is 9.59 Å². The average Bonchev–Trinajstić information content (AvgIpc) is 2.33. The van der Waals surface area contributed by atoms with Gasteiger partial charge < -0.3 is 11.1 Å². The molecule has 0 aromatic carbocycles. The van der Waals surface area contributed by atoms with Crippen LogP contribution in [0.25, 0.3) is 0 Å². The van der Waals surface area contributed by atoms with E-state index in [9.17, 15) is 14.4 Å². The molecule has 7 heteroatoms. The summed E-state index contributed by atoms with van der Waals surface area (Å²) in [4.78, 5) is 37.7. The first kappa shape index (κ1) is 12.0. The Balaban J connectivity index is 2.17. The fraction of sp³-hybridized carbons (Fsp3) is 0.273. The van der Waals surface area contributed by atoms with Crippen LogP contribution in [0.2, 0.25) is 0 Å². The van der Waals surface area contributed by atoms with E-state index in [1.807, 2.05) is 0 Å². The zero-order chi connectivity index (χ0) is 13.1. The molecule has 1 aromatic heterocycles. The molecule has 3 amide bonds. The van der Waals surface area contributed by atoms with E-state index in [1.165, 1.54) is 12.3 Å². The highest BCUT2D eigenvalue weighted by Crippen LogP contribution is 2.15. The van der Waals surface area contributed by atoms with E-state index in [2.05, 4.69) is 15.6 Å². The van der Waals surface area contributed by atoms with E-state index in [-0.39, 0.29) is 23.7 Å². The number of anilines is 1. The number of amides is 3. The number of primary amides is 1. The molecule has 0 saturated carbocycles. The van der Waals surface area contributed by atoms with Gasteiger partial charge in [-0.25, -0.2) is 4.98 Å². The highest BCUT2D eigenvalue weighted by atomic mass is 16.2. The Morgan fingerprint density at radius 3 is 2.94 bits per heavy atom. The summed E-state index contributed by atoms with van der Waals surface area (Å²) >= 11 is 0. The Hall–Kier alpha value is -2.44. The summed E-state index contributed by atoms with van der Waals surface area (Å²) in [7, 11) is 0. The van der Waals surface area contributed by atoms with E-state index in [0.717, 1.165) is 0 Å². The molecule has 1 saturated heterocycles. The predicted octanol–water partition coefficient (Wildman–Crippen LogP) is -0.602. The SMILES string of the molecule is NC(=O)c1cccnc1NC1CCC(=O)NC1=O. The number of nitrogens with one attached hydrogen (secondary N) is 2. The number of carbonyl (C=O) groups is 3. The molecule has 0 aliphatic carbocycles. The molecule has 1 aliphatic heterocycles. The third-order valence-corrected chi connectivity index (χ3v) is 2.62. The molecule has 1 atom stereocenters. The minimum absolute atomic E-state index is 0.210. The minimum atomic E-state index is -0.627. The monoisotopic (exact) mass is 248 g/mol. The standard InChI is InChI=1S/C11H12N4O3/c12-9(17)6-2-1-5-13-10(6)14-7-3-4-8(16)15-11(7)18/h1-2,5,7H,3-4H2,(H2,12,17)(H,13,14)(H,15,16,18). The minimum Gasteiger partial charge on any atom is -0.365 e. The molecule has 1 fully saturated rings. The Morgan fingerprint density at radius 1 is 1.50 bits per heavy atom. The first-order valence-corrected chi connectivity index (χ1v) is 5.43. The van der Waals surface area contributed by atoms with Crippen LogP contribution in [0.3, 0.4) is 0 Å². The Kier molecular flexibility index (Phi) is 3.22. The predicted molar refractivity (Wildman–Crippen MR) is 62.5 cm³/mol. The highest BCUT2D eigenvalue weighted by Gasteiger charge is 2.27. The third-order valence-electron chi connectivity index (χ3n) is 2.62. The van der Waals surface area contributed by atoms with E-state index in [1.54, 1.807) is 6.07 Å². The number of piperidine rings is 1.